The summed E-state index contributed by atoms with van der Waals surface area (Å²) < 4.78 is 0. The Balaban J connectivity index is 1.65. The minimum atomic E-state index is -1.03. The second kappa shape index (κ2) is 6.49. The number of rotatable bonds is 5. The highest BCUT2D eigenvalue weighted by Crippen LogP contribution is 2.21. The van der Waals surface area contributed by atoms with Crippen LogP contribution in [0.1, 0.15) is 23.6 Å². The molecule has 124 valence electrons. The van der Waals surface area contributed by atoms with Crippen LogP contribution in [0.3, 0.4) is 0 Å². The molecule has 2 aromatic carbocycles. The van der Waals surface area contributed by atoms with E-state index in [0.717, 1.165) is 17.5 Å². The molecule has 4 nitrogen and oxygen atoms in total. The van der Waals surface area contributed by atoms with Gasteiger partial charge < -0.3 is 16.0 Å². The lowest BCUT2D eigenvalue weighted by atomic mass is 9.92. The van der Waals surface area contributed by atoms with E-state index in [2.05, 4.69) is 35.4 Å². The summed E-state index contributed by atoms with van der Waals surface area (Å²) in [5, 5.41) is 4.17. The molecule has 24 heavy (non-hydrogen) atoms. The molecule has 1 unspecified atom stereocenters. The van der Waals surface area contributed by atoms with Crippen molar-refractivity contribution in [1.29, 1.82) is 0 Å². The van der Waals surface area contributed by atoms with Crippen LogP contribution in [0, 0.1) is 6.92 Å². The van der Waals surface area contributed by atoms with Crippen molar-refractivity contribution in [3.05, 3.63) is 71.4 Å². The Morgan fingerprint density at radius 3 is 2.67 bits per heavy atom. The molecule has 4 heteroatoms. The molecule has 0 spiro atoms. The van der Waals surface area contributed by atoms with E-state index < -0.39 is 5.54 Å². The second-order valence-corrected chi connectivity index (χ2v) is 6.39. The molecule has 0 aliphatic heterocycles. The first-order valence-electron chi connectivity index (χ1n) is 8.18. The molecule has 0 saturated heterocycles. The fraction of sp³-hybridized carbons (Fsp3) is 0.250. The molecule has 0 fully saturated rings. The van der Waals surface area contributed by atoms with Gasteiger partial charge in [0.05, 0.1) is 0 Å². The van der Waals surface area contributed by atoms with Crippen molar-refractivity contribution in [3.63, 3.8) is 0 Å². The second-order valence-electron chi connectivity index (χ2n) is 6.39. The minimum absolute atomic E-state index is 0.162. The van der Waals surface area contributed by atoms with Crippen LogP contribution in [0.25, 0.3) is 10.9 Å². The first-order chi connectivity index (χ1) is 11.5. The van der Waals surface area contributed by atoms with Crippen molar-refractivity contribution in [2.75, 3.05) is 6.54 Å². The fourth-order valence-corrected chi connectivity index (χ4v) is 2.98. The number of aromatic amines is 1. The summed E-state index contributed by atoms with van der Waals surface area (Å²) >= 11 is 0. The van der Waals surface area contributed by atoms with E-state index >= 15 is 0 Å². The van der Waals surface area contributed by atoms with E-state index in [1.807, 2.05) is 36.5 Å². The Bertz CT molecular complexity index is 850. The smallest absolute Gasteiger partial charge is 0.244 e. The summed E-state index contributed by atoms with van der Waals surface area (Å²) in [7, 11) is 0. The molecule has 0 aliphatic carbocycles. The summed E-state index contributed by atoms with van der Waals surface area (Å²) in [6.45, 7) is 4.39. The highest BCUT2D eigenvalue weighted by atomic mass is 16.2. The average molecular weight is 321 g/mol. The van der Waals surface area contributed by atoms with Crippen LogP contribution in [-0.4, -0.2) is 17.4 Å². The maximum atomic E-state index is 12.5. The highest BCUT2D eigenvalue weighted by molar-refractivity contribution is 5.87. The number of aryl methyl sites for hydroxylation is 1. The lowest BCUT2D eigenvalue weighted by molar-refractivity contribution is -0.126. The van der Waals surface area contributed by atoms with Gasteiger partial charge in [-0.05, 0) is 37.0 Å². The molecule has 0 aliphatic rings. The standard InChI is InChI=1S/C20H23N3O/c1-14-7-6-10-17-15(13-23-18(14)17)11-12-22-19(24)20(2,21)16-8-4-3-5-9-16/h3-10,13,23H,11-12,21H2,1-2H3,(H,22,24). The third-order valence-corrected chi connectivity index (χ3v) is 4.53. The third-order valence-electron chi connectivity index (χ3n) is 4.53. The Morgan fingerprint density at radius 2 is 1.92 bits per heavy atom. The molecule has 0 bridgehead atoms. The summed E-state index contributed by atoms with van der Waals surface area (Å²) in [5.74, 6) is -0.162. The Kier molecular flexibility index (Phi) is 4.40. The Hall–Kier alpha value is -2.59. The molecular formula is C20H23N3O. The molecule has 4 N–H and O–H groups in total. The van der Waals surface area contributed by atoms with Crippen LogP contribution in [0.2, 0.25) is 0 Å². The number of H-pyrrole nitrogens is 1. The number of amides is 1. The predicted octanol–water partition coefficient (Wildman–Crippen LogP) is 3.01. The zero-order valence-electron chi connectivity index (χ0n) is 14.1. The van der Waals surface area contributed by atoms with Gasteiger partial charge in [0.15, 0.2) is 0 Å². The number of aromatic nitrogens is 1. The van der Waals surface area contributed by atoms with Gasteiger partial charge in [0.1, 0.15) is 5.54 Å². The molecule has 1 atom stereocenters. The third kappa shape index (κ3) is 3.05. The van der Waals surface area contributed by atoms with Crippen molar-refractivity contribution in [2.45, 2.75) is 25.8 Å². The maximum Gasteiger partial charge on any atom is 0.244 e. The molecule has 0 radical (unpaired) electrons. The Labute approximate surface area is 142 Å². The number of hydrogen-bond acceptors (Lipinski definition) is 2. The van der Waals surface area contributed by atoms with Crippen LogP contribution in [-0.2, 0) is 16.8 Å². The van der Waals surface area contributed by atoms with Gasteiger partial charge in [-0.3, -0.25) is 4.79 Å². The van der Waals surface area contributed by atoms with Crippen LogP contribution >= 0.6 is 0 Å². The summed E-state index contributed by atoms with van der Waals surface area (Å²) in [5.41, 5.74) is 9.60. The number of hydrogen-bond donors (Lipinski definition) is 3. The molecule has 1 amide bonds. The van der Waals surface area contributed by atoms with Crippen molar-refractivity contribution in [2.24, 2.45) is 5.73 Å². The van der Waals surface area contributed by atoms with E-state index in [0.29, 0.717) is 6.54 Å². The molecule has 3 rings (SSSR count). The number of nitrogens with two attached hydrogens (primary N) is 1. The van der Waals surface area contributed by atoms with Crippen LogP contribution < -0.4 is 11.1 Å². The number of para-hydroxylation sites is 1. The highest BCUT2D eigenvalue weighted by Gasteiger charge is 2.29. The van der Waals surface area contributed by atoms with E-state index in [1.54, 1.807) is 6.92 Å². The number of carbonyl (C=O) groups is 1. The maximum absolute atomic E-state index is 12.5. The van der Waals surface area contributed by atoms with Crippen molar-refractivity contribution < 1.29 is 4.79 Å². The van der Waals surface area contributed by atoms with Gasteiger partial charge in [0.25, 0.3) is 0 Å². The summed E-state index contributed by atoms with van der Waals surface area (Å²) in [6, 6.07) is 15.7. The van der Waals surface area contributed by atoms with Crippen LogP contribution in [0.5, 0.6) is 0 Å². The van der Waals surface area contributed by atoms with Crippen molar-refractivity contribution in [3.8, 4) is 0 Å². The lowest BCUT2D eigenvalue weighted by Gasteiger charge is -2.24. The first-order valence-corrected chi connectivity index (χ1v) is 8.18. The summed E-state index contributed by atoms with van der Waals surface area (Å²) in [6.07, 6.45) is 2.78. The lowest BCUT2D eigenvalue weighted by Crippen LogP contribution is -2.49. The fourth-order valence-electron chi connectivity index (χ4n) is 2.98. The van der Waals surface area contributed by atoms with E-state index in [9.17, 15) is 4.79 Å². The van der Waals surface area contributed by atoms with Gasteiger partial charge in [-0.1, -0.05) is 48.5 Å². The first kappa shape index (κ1) is 16.3. The number of fused-ring (bicyclic) bond motifs is 1. The molecule has 1 heterocycles. The number of benzene rings is 2. The van der Waals surface area contributed by atoms with Gasteiger partial charge in [0.2, 0.25) is 5.91 Å². The number of nitrogens with one attached hydrogen (secondary N) is 2. The van der Waals surface area contributed by atoms with Gasteiger partial charge in [-0.25, -0.2) is 0 Å². The molecule has 3 aromatic rings. The summed E-state index contributed by atoms with van der Waals surface area (Å²) in [4.78, 5) is 15.8. The molecule has 0 saturated carbocycles. The van der Waals surface area contributed by atoms with Gasteiger partial charge >= 0.3 is 0 Å². The Morgan fingerprint density at radius 1 is 1.17 bits per heavy atom. The average Bonchev–Trinajstić information content (AvgIpc) is 3.00. The van der Waals surface area contributed by atoms with Crippen LogP contribution in [0.15, 0.2) is 54.7 Å². The van der Waals surface area contributed by atoms with Crippen molar-refractivity contribution >= 4 is 16.8 Å². The van der Waals surface area contributed by atoms with Crippen molar-refractivity contribution in [1.82, 2.24) is 10.3 Å². The minimum Gasteiger partial charge on any atom is -0.361 e. The zero-order valence-corrected chi connectivity index (χ0v) is 14.1. The predicted molar refractivity (Wildman–Crippen MR) is 97.7 cm³/mol. The normalized spacial score (nSPS) is 13.6. The largest absolute Gasteiger partial charge is 0.361 e. The topological polar surface area (TPSA) is 70.9 Å². The van der Waals surface area contributed by atoms with Gasteiger partial charge in [0, 0.05) is 23.6 Å². The zero-order chi connectivity index (χ0) is 17.2. The molecular weight excluding hydrogens is 298 g/mol. The van der Waals surface area contributed by atoms with Crippen LogP contribution in [0.4, 0.5) is 0 Å². The number of carbonyl (C=O) groups excluding carboxylic acids is 1. The SMILES string of the molecule is Cc1cccc2c(CCNC(=O)C(C)(N)c3ccccc3)c[nH]c12. The molecule has 1 aromatic heterocycles. The quantitative estimate of drug-likeness (QED) is 0.676. The van der Waals surface area contributed by atoms with E-state index in [-0.39, 0.29) is 5.91 Å². The van der Waals surface area contributed by atoms with E-state index in [4.69, 9.17) is 5.73 Å². The van der Waals surface area contributed by atoms with Gasteiger partial charge in [-0.2, -0.15) is 0 Å². The van der Waals surface area contributed by atoms with E-state index in [1.165, 1.54) is 16.5 Å². The monoisotopic (exact) mass is 321 g/mol. The van der Waals surface area contributed by atoms with Gasteiger partial charge in [-0.15, -0.1) is 0 Å².